The first-order chi connectivity index (χ1) is 7.72. The summed E-state index contributed by atoms with van der Waals surface area (Å²) in [5, 5.41) is 2.10. The molecule has 1 heterocycles. The minimum absolute atomic E-state index is 0.110. The van der Waals surface area contributed by atoms with E-state index in [-0.39, 0.29) is 6.04 Å². The summed E-state index contributed by atoms with van der Waals surface area (Å²) >= 11 is 1.72. The molecule has 2 nitrogen and oxygen atoms in total. The van der Waals surface area contributed by atoms with Crippen LogP contribution >= 0.6 is 11.3 Å². The van der Waals surface area contributed by atoms with Gasteiger partial charge in [0.25, 0.3) is 0 Å². The van der Waals surface area contributed by atoms with Gasteiger partial charge in [-0.1, -0.05) is 18.2 Å². The maximum atomic E-state index is 6.23. The Labute approximate surface area is 99.7 Å². The van der Waals surface area contributed by atoms with Crippen LogP contribution in [0.4, 0.5) is 0 Å². The van der Waals surface area contributed by atoms with E-state index in [9.17, 15) is 0 Å². The van der Waals surface area contributed by atoms with E-state index in [1.165, 1.54) is 4.88 Å². The molecule has 3 heteroatoms. The fraction of sp³-hybridized carbons (Fsp3) is 0.231. The Balaban J connectivity index is 2.36. The van der Waals surface area contributed by atoms with Crippen LogP contribution in [0.2, 0.25) is 0 Å². The molecule has 1 aromatic carbocycles. The van der Waals surface area contributed by atoms with E-state index in [0.717, 1.165) is 16.9 Å². The van der Waals surface area contributed by atoms with Gasteiger partial charge in [-0.05, 0) is 30.0 Å². The van der Waals surface area contributed by atoms with Gasteiger partial charge in [0.1, 0.15) is 5.75 Å². The highest BCUT2D eigenvalue weighted by atomic mass is 32.1. The average molecular weight is 233 g/mol. The summed E-state index contributed by atoms with van der Waals surface area (Å²) in [7, 11) is 1.67. The molecule has 0 bridgehead atoms. The molecule has 2 N–H and O–H groups in total. The number of ether oxygens (including phenoxy) is 1. The first-order valence-corrected chi connectivity index (χ1v) is 6.04. The number of benzene rings is 1. The fourth-order valence-electron chi connectivity index (χ4n) is 1.73. The molecule has 2 rings (SSSR count). The fourth-order valence-corrected chi connectivity index (χ4v) is 2.47. The van der Waals surface area contributed by atoms with Crippen LogP contribution in [0.25, 0.3) is 0 Å². The van der Waals surface area contributed by atoms with Gasteiger partial charge in [-0.2, -0.15) is 0 Å². The van der Waals surface area contributed by atoms with E-state index in [4.69, 9.17) is 10.5 Å². The Bertz CT molecular complexity index is 478. The Hall–Kier alpha value is -1.32. The van der Waals surface area contributed by atoms with Gasteiger partial charge in [-0.25, -0.2) is 0 Å². The normalized spacial score (nSPS) is 12.4. The predicted octanol–water partition coefficient (Wildman–Crippen LogP) is 3.11. The van der Waals surface area contributed by atoms with E-state index in [1.54, 1.807) is 18.4 Å². The molecule has 0 saturated carbocycles. The molecule has 0 radical (unpaired) electrons. The summed E-state index contributed by atoms with van der Waals surface area (Å²) in [5.74, 6) is 0.846. The molecular formula is C13H15NOS. The number of hydrogen-bond donors (Lipinski definition) is 1. The highest BCUT2D eigenvalue weighted by molar-refractivity contribution is 7.10. The summed E-state index contributed by atoms with van der Waals surface area (Å²) in [6, 6.07) is 9.90. The number of rotatable bonds is 3. The lowest BCUT2D eigenvalue weighted by Crippen LogP contribution is -2.12. The minimum Gasteiger partial charge on any atom is -0.496 e. The second kappa shape index (κ2) is 4.68. The lowest BCUT2D eigenvalue weighted by atomic mass is 10.0. The topological polar surface area (TPSA) is 35.2 Å². The van der Waals surface area contributed by atoms with E-state index >= 15 is 0 Å². The minimum atomic E-state index is -0.110. The van der Waals surface area contributed by atoms with Gasteiger partial charge in [0.05, 0.1) is 13.2 Å². The molecule has 0 spiro atoms. The Morgan fingerprint density at radius 2 is 2.06 bits per heavy atom. The van der Waals surface area contributed by atoms with Crippen molar-refractivity contribution >= 4 is 11.3 Å². The molecule has 16 heavy (non-hydrogen) atoms. The SMILES string of the molecule is COc1ccccc1C(N)c1csc(C)c1. The maximum absolute atomic E-state index is 6.23. The van der Waals surface area contributed by atoms with Crippen LogP contribution in [0.5, 0.6) is 5.75 Å². The largest absolute Gasteiger partial charge is 0.496 e. The first kappa shape index (κ1) is 11.2. The predicted molar refractivity (Wildman–Crippen MR) is 68.1 cm³/mol. The number of methoxy groups -OCH3 is 1. The summed E-state index contributed by atoms with van der Waals surface area (Å²) in [4.78, 5) is 1.28. The van der Waals surface area contributed by atoms with Gasteiger partial charge in [0.2, 0.25) is 0 Å². The number of para-hydroxylation sites is 1. The third kappa shape index (κ3) is 2.10. The third-order valence-corrected chi connectivity index (χ3v) is 3.46. The van der Waals surface area contributed by atoms with E-state index in [2.05, 4.69) is 18.4 Å². The molecule has 84 valence electrons. The standard InChI is InChI=1S/C13H15NOS/c1-9-7-10(8-16-9)13(14)11-5-3-4-6-12(11)15-2/h3-8,13H,14H2,1-2H3. The Kier molecular flexibility index (Phi) is 3.27. The number of nitrogens with two attached hydrogens (primary N) is 1. The zero-order chi connectivity index (χ0) is 11.5. The van der Waals surface area contributed by atoms with Crippen LogP contribution < -0.4 is 10.5 Å². The first-order valence-electron chi connectivity index (χ1n) is 5.16. The van der Waals surface area contributed by atoms with Crippen LogP contribution in [0, 0.1) is 6.92 Å². The zero-order valence-electron chi connectivity index (χ0n) is 9.44. The van der Waals surface area contributed by atoms with Crippen LogP contribution in [0.3, 0.4) is 0 Å². The highest BCUT2D eigenvalue weighted by Gasteiger charge is 2.14. The highest BCUT2D eigenvalue weighted by Crippen LogP contribution is 2.30. The van der Waals surface area contributed by atoms with Crippen LogP contribution in [0.15, 0.2) is 35.7 Å². The average Bonchev–Trinajstić information content (AvgIpc) is 2.75. The van der Waals surface area contributed by atoms with Crippen molar-refractivity contribution < 1.29 is 4.74 Å². The molecule has 1 aromatic heterocycles. The molecule has 2 aromatic rings. The van der Waals surface area contributed by atoms with Crippen molar-refractivity contribution in [3.63, 3.8) is 0 Å². The summed E-state index contributed by atoms with van der Waals surface area (Å²) in [5.41, 5.74) is 8.41. The van der Waals surface area contributed by atoms with Crippen LogP contribution in [-0.2, 0) is 0 Å². The summed E-state index contributed by atoms with van der Waals surface area (Å²) < 4.78 is 5.32. The Morgan fingerprint density at radius 1 is 1.31 bits per heavy atom. The quantitative estimate of drug-likeness (QED) is 0.884. The second-order valence-electron chi connectivity index (χ2n) is 3.71. The van der Waals surface area contributed by atoms with E-state index < -0.39 is 0 Å². The van der Waals surface area contributed by atoms with Crippen molar-refractivity contribution in [2.24, 2.45) is 5.73 Å². The Morgan fingerprint density at radius 3 is 2.69 bits per heavy atom. The molecule has 0 aliphatic rings. The van der Waals surface area contributed by atoms with Gasteiger partial charge in [-0.3, -0.25) is 0 Å². The third-order valence-electron chi connectivity index (χ3n) is 2.58. The maximum Gasteiger partial charge on any atom is 0.123 e. The molecular weight excluding hydrogens is 218 g/mol. The smallest absolute Gasteiger partial charge is 0.123 e. The molecule has 0 aliphatic carbocycles. The molecule has 0 saturated heterocycles. The molecule has 1 atom stereocenters. The molecule has 1 unspecified atom stereocenters. The summed E-state index contributed by atoms with van der Waals surface area (Å²) in [6.07, 6.45) is 0. The van der Waals surface area contributed by atoms with E-state index in [0.29, 0.717) is 0 Å². The summed E-state index contributed by atoms with van der Waals surface area (Å²) in [6.45, 7) is 2.09. The van der Waals surface area contributed by atoms with Crippen molar-refractivity contribution in [1.29, 1.82) is 0 Å². The zero-order valence-corrected chi connectivity index (χ0v) is 10.3. The van der Waals surface area contributed by atoms with E-state index in [1.807, 2.05) is 24.3 Å². The molecule has 0 fully saturated rings. The van der Waals surface area contributed by atoms with Crippen molar-refractivity contribution in [3.8, 4) is 5.75 Å². The lowest BCUT2D eigenvalue weighted by Gasteiger charge is -2.14. The van der Waals surface area contributed by atoms with Crippen LogP contribution in [-0.4, -0.2) is 7.11 Å². The van der Waals surface area contributed by atoms with Crippen molar-refractivity contribution in [3.05, 3.63) is 51.7 Å². The van der Waals surface area contributed by atoms with Gasteiger partial charge in [0.15, 0.2) is 0 Å². The van der Waals surface area contributed by atoms with Crippen molar-refractivity contribution in [1.82, 2.24) is 0 Å². The van der Waals surface area contributed by atoms with Crippen molar-refractivity contribution in [2.75, 3.05) is 7.11 Å². The number of thiophene rings is 1. The number of hydrogen-bond acceptors (Lipinski definition) is 3. The number of aryl methyl sites for hydroxylation is 1. The van der Waals surface area contributed by atoms with Gasteiger partial charge in [-0.15, -0.1) is 11.3 Å². The monoisotopic (exact) mass is 233 g/mol. The molecule has 0 amide bonds. The van der Waals surface area contributed by atoms with Crippen LogP contribution in [0.1, 0.15) is 22.0 Å². The second-order valence-corrected chi connectivity index (χ2v) is 4.83. The lowest BCUT2D eigenvalue weighted by molar-refractivity contribution is 0.408. The van der Waals surface area contributed by atoms with Gasteiger partial charge >= 0.3 is 0 Å². The molecule has 0 aliphatic heterocycles. The van der Waals surface area contributed by atoms with Crippen molar-refractivity contribution in [2.45, 2.75) is 13.0 Å². The van der Waals surface area contributed by atoms with Gasteiger partial charge < -0.3 is 10.5 Å². The van der Waals surface area contributed by atoms with Gasteiger partial charge in [0, 0.05) is 10.4 Å².